The van der Waals surface area contributed by atoms with Crippen LogP contribution in [0.25, 0.3) is 5.69 Å². The third-order valence-corrected chi connectivity index (χ3v) is 5.26. The summed E-state index contributed by atoms with van der Waals surface area (Å²) in [4.78, 5) is 10.4. The van der Waals surface area contributed by atoms with Crippen LogP contribution in [0.3, 0.4) is 0 Å². The Balaban J connectivity index is 1.54. The molecule has 3 rings (SSSR count). The van der Waals surface area contributed by atoms with Gasteiger partial charge in [0.2, 0.25) is 0 Å². The van der Waals surface area contributed by atoms with Crippen LogP contribution in [0.5, 0.6) is 0 Å². The van der Waals surface area contributed by atoms with E-state index in [0.29, 0.717) is 13.1 Å². The monoisotopic (exact) mass is 400 g/mol. The number of halogens is 1. The van der Waals surface area contributed by atoms with Crippen LogP contribution in [0, 0.1) is 19.7 Å². The molecule has 148 valence electrons. The minimum Gasteiger partial charge on any atom is -0.357 e. The summed E-state index contributed by atoms with van der Waals surface area (Å²) in [6, 6.07) is 8.26. The largest absolute Gasteiger partial charge is 0.357 e. The first kappa shape index (κ1) is 20.0. The number of aryl methyl sites for hydroxylation is 2. The number of nitrogens with one attached hydrogen (secondary N) is 2. The Labute approximate surface area is 168 Å². The Bertz CT molecular complexity index is 909. The molecule has 28 heavy (non-hydrogen) atoms. The standard InChI is InChI=1S/C20H25FN6S/c1-4-22-20(24-13-19-25-14(2)15(3)28-19)23-11-9-17-10-12-27(26-17)18-7-5-16(21)6-8-18/h5-8,10,12H,4,9,11,13H2,1-3H3,(H2,22,23,24). The summed E-state index contributed by atoms with van der Waals surface area (Å²) in [5.74, 6) is 0.518. The van der Waals surface area contributed by atoms with Gasteiger partial charge in [-0.25, -0.2) is 19.0 Å². The van der Waals surface area contributed by atoms with Crippen molar-refractivity contribution in [2.75, 3.05) is 13.1 Å². The maximum absolute atomic E-state index is 13.0. The number of aliphatic imine (C=N–C) groups is 1. The Hall–Kier alpha value is -2.74. The lowest BCUT2D eigenvalue weighted by molar-refractivity contribution is 0.627. The highest BCUT2D eigenvalue weighted by Gasteiger charge is 2.05. The van der Waals surface area contributed by atoms with Gasteiger partial charge in [-0.2, -0.15) is 5.10 Å². The molecule has 2 aromatic heterocycles. The van der Waals surface area contributed by atoms with Gasteiger partial charge >= 0.3 is 0 Å². The minimum atomic E-state index is -0.251. The molecule has 0 fully saturated rings. The van der Waals surface area contributed by atoms with Gasteiger partial charge in [0.25, 0.3) is 0 Å². The number of thiazole rings is 1. The number of hydrogen-bond acceptors (Lipinski definition) is 4. The lowest BCUT2D eigenvalue weighted by Gasteiger charge is -2.10. The molecule has 0 radical (unpaired) electrons. The van der Waals surface area contributed by atoms with E-state index in [1.807, 2.05) is 26.1 Å². The van der Waals surface area contributed by atoms with E-state index in [0.717, 1.165) is 41.0 Å². The number of nitrogens with zero attached hydrogens (tertiary/aromatic N) is 4. The molecule has 0 aliphatic heterocycles. The molecule has 0 aliphatic rings. The van der Waals surface area contributed by atoms with E-state index < -0.39 is 0 Å². The quantitative estimate of drug-likeness (QED) is 0.471. The molecule has 0 spiro atoms. The van der Waals surface area contributed by atoms with E-state index in [2.05, 4.69) is 32.6 Å². The molecule has 0 saturated carbocycles. The van der Waals surface area contributed by atoms with E-state index in [-0.39, 0.29) is 5.82 Å². The molecule has 0 aliphatic carbocycles. The zero-order valence-corrected chi connectivity index (χ0v) is 17.2. The summed E-state index contributed by atoms with van der Waals surface area (Å²) in [6.45, 7) is 8.21. The van der Waals surface area contributed by atoms with Gasteiger partial charge < -0.3 is 10.6 Å². The van der Waals surface area contributed by atoms with Crippen molar-refractivity contribution in [3.8, 4) is 5.69 Å². The average molecular weight is 401 g/mol. The molecule has 3 aromatic rings. The van der Waals surface area contributed by atoms with E-state index in [4.69, 9.17) is 0 Å². The summed E-state index contributed by atoms with van der Waals surface area (Å²) in [5.41, 5.74) is 2.87. The predicted molar refractivity (Wildman–Crippen MR) is 112 cm³/mol. The van der Waals surface area contributed by atoms with Gasteiger partial charge in [0.05, 0.1) is 23.6 Å². The molecule has 2 heterocycles. The maximum atomic E-state index is 13.0. The second kappa shape index (κ2) is 9.45. The van der Waals surface area contributed by atoms with Crippen LogP contribution >= 0.6 is 11.3 Å². The van der Waals surface area contributed by atoms with Gasteiger partial charge in [0, 0.05) is 30.6 Å². The van der Waals surface area contributed by atoms with Crippen LogP contribution < -0.4 is 10.6 Å². The first-order valence-electron chi connectivity index (χ1n) is 9.30. The maximum Gasteiger partial charge on any atom is 0.191 e. The fourth-order valence-electron chi connectivity index (χ4n) is 2.64. The van der Waals surface area contributed by atoms with E-state index in [1.54, 1.807) is 28.2 Å². The smallest absolute Gasteiger partial charge is 0.191 e. The molecule has 0 unspecified atom stereocenters. The zero-order valence-electron chi connectivity index (χ0n) is 16.4. The molecule has 0 saturated heterocycles. The van der Waals surface area contributed by atoms with Gasteiger partial charge in [-0.1, -0.05) is 0 Å². The highest BCUT2D eigenvalue weighted by atomic mass is 32.1. The normalized spacial score (nSPS) is 11.6. The van der Waals surface area contributed by atoms with Gasteiger partial charge in [0.15, 0.2) is 5.96 Å². The molecule has 0 amide bonds. The topological polar surface area (TPSA) is 67.1 Å². The summed E-state index contributed by atoms with van der Waals surface area (Å²) in [7, 11) is 0. The summed E-state index contributed by atoms with van der Waals surface area (Å²) >= 11 is 1.69. The minimum absolute atomic E-state index is 0.251. The van der Waals surface area contributed by atoms with Gasteiger partial charge in [-0.3, -0.25) is 0 Å². The molecule has 6 nitrogen and oxygen atoms in total. The molecular weight excluding hydrogens is 375 g/mol. The van der Waals surface area contributed by atoms with Crippen LogP contribution in [0.15, 0.2) is 41.5 Å². The number of benzene rings is 1. The average Bonchev–Trinajstić information content (AvgIpc) is 3.27. The van der Waals surface area contributed by atoms with E-state index in [9.17, 15) is 4.39 Å². The van der Waals surface area contributed by atoms with Crippen molar-refractivity contribution < 1.29 is 4.39 Å². The van der Waals surface area contributed by atoms with Crippen molar-refractivity contribution in [2.24, 2.45) is 4.99 Å². The van der Waals surface area contributed by atoms with Crippen LogP contribution in [-0.2, 0) is 13.0 Å². The molecule has 1 aromatic carbocycles. The van der Waals surface area contributed by atoms with Crippen LogP contribution in [0.2, 0.25) is 0 Å². The highest BCUT2D eigenvalue weighted by Crippen LogP contribution is 2.17. The molecule has 0 atom stereocenters. The summed E-state index contributed by atoms with van der Waals surface area (Å²) in [5, 5.41) is 12.1. The molecule has 2 N–H and O–H groups in total. The fraction of sp³-hybridized carbons (Fsp3) is 0.350. The molecule has 8 heteroatoms. The first-order chi connectivity index (χ1) is 13.5. The summed E-state index contributed by atoms with van der Waals surface area (Å²) in [6.07, 6.45) is 2.64. The van der Waals surface area contributed by atoms with E-state index in [1.165, 1.54) is 17.0 Å². The first-order valence-corrected chi connectivity index (χ1v) is 10.1. The Morgan fingerprint density at radius 1 is 1.18 bits per heavy atom. The van der Waals surface area contributed by atoms with Crippen molar-refractivity contribution >= 4 is 17.3 Å². The van der Waals surface area contributed by atoms with Crippen LogP contribution in [0.4, 0.5) is 4.39 Å². The Morgan fingerprint density at radius 3 is 2.64 bits per heavy atom. The molecule has 0 bridgehead atoms. The fourth-order valence-corrected chi connectivity index (χ4v) is 3.50. The second-order valence-electron chi connectivity index (χ2n) is 6.35. The van der Waals surface area contributed by atoms with E-state index >= 15 is 0 Å². The number of rotatable bonds is 7. The number of guanidine groups is 1. The number of hydrogen-bond donors (Lipinski definition) is 2. The van der Waals surface area contributed by atoms with Gasteiger partial charge in [-0.15, -0.1) is 11.3 Å². The lowest BCUT2D eigenvalue weighted by atomic mass is 10.3. The molecular formula is C20H25FN6S. The number of aromatic nitrogens is 3. The van der Waals surface area contributed by atoms with Crippen LogP contribution in [-0.4, -0.2) is 33.8 Å². The van der Waals surface area contributed by atoms with Crippen molar-refractivity contribution in [1.29, 1.82) is 0 Å². The Morgan fingerprint density at radius 2 is 1.96 bits per heavy atom. The zero-order chi connectivity index (χ0) is 19.9. The third-order valence-electron chi connectivity index (χ3n) is 4.20. The van der Waals surface area contributed by atoms with Crippen molar-refractivity contribution in [1.82, 2.24) is 25.4 Å². The van der Waals surface area contributed by atoms with Gasteiger partial charge in [-0.05, 0) is 51.1 Å². The van der Waals surface area contributed by atoms with Crippen LogP contribution in [0.1, 0.15) is 28.2 Å². The van der Waals surface area contributed by atoms with Gasteiger partial charge in [0.1, 0.15) is 10.8 Å². The Kier molecular flexibility index (Phi) is 6.76. The lowest BCUT2D eigenvalue weighted by Crippen LogP contribution is -2.38. The second-order valence-corrected chi connectivity index (χ2v) is 7.64. The van der Waals surface area contributed by atoms with Crippen molar-refractivity contribution in [2.45, 2.75) is 33.7 Å². The summed E-state index contributed by atoms with van der Waals surface area (Å²) < 4.78 is 14.8. The SMILES string of the molecule is CCNC(=NCc1nc(C)c(C)s1)NCCc1ccn(-c2ccc(F)cc2)n1. The van der Waals surface area contributed by atoms with Crippen molar-refractivity contribution in [3.63, 3.8) is 0 Å². The van der Waals surface area contributed by atoms with Crippen molar-refractivity contribution in [3.05, 3.63) is 63.6 Å². The predicted octanol–water partition coefficient (Wildman–Crippen LogP) is 3.38. The third kappa shape index (κ3) is 5.39. The highest BCUT2D eigenvalue weighted by molar-refractivity contribution is 7.11.